The summed E-state index contributed by atoms with van der Waals surface area (Å²) in [4.78, 5) is 59.8. The molecule has 4 atom stereocenters. The number of carboxylic acids is 3. The van der Waals surface area contributed by atoms with Crippen LogP contribution in [0.1, 0.15) is 33.1 Å². The van der Waals surface area contributed by atoms with Gasteiger partial charge in [-0.25, -0.2) is 4.79 Å². The second-order valence-electron chi connectivity index (χ2n) is 8.26. The highest BCUT2D eigenvalue weighted by Gasteiger charge is 2.54. The Morgan fingerprint density at radius 3 is 2.39 bits per heavy atom. The van der Waals surface area contributed by atoms with E-state index in [4.69, 9.17) is 21.7 Å². The molecular formula is C19H28N4O8S2. The molecule has 2 heterocycles. The van der Waals surface area contributed by atoms with E-state index in [9.17, 15) is 29.1 Å². The van der Waals surface area contributed by atoms with Crippen molar-refractivity contribution in [3.8, 4) is 0 Å². The van der Waals surface area contributed by atoms with E-state index < -0.39 is 58.0 Å². The van der Waals surface area contributed by atoms with Crippen molar-refractivity contribution in [2.24, 2.45) is 11.5 Å². The quantitative estimate of drug-likeness (QED) is 0.181. The number of thioether (sulfide) groups is 2. The number of amides is 2. The maximum atomic E-state index is 12.7. The van der Waals surface area contributed by atoms with Gasteiger partial charge in [-0.3, -0.25) is 24.1 Å². The number of carbonyl (C=O) groups is 5. The molecule has 0 radical (unpaired) electrons. The van der Waals surface area contributed by atoms with Crippen LogP contribution in [0.15, 0.2) is 11.3 Å². The molecule has 0 spiro atoms. The van der Waals surface area contributed by atoms with Crippen molar-refractivity contribution in [3.63, 3.8) is 0 Å². The molecule has 184 valence electrons. The molecular weight excluding hydrogens is 476 g/mol. The first-order valence-electron chi connectivity index (χ1n) is 10.1. The minimum Gasteiger partial charge on any atom is -0.480 e. The van der Waals surface area contributed by atoms with E-state index in [-0.39, 0.29) is 30.7 Å². The number of fused-ring (bicyclic) bond motifs is 1. The molecule has 2 aliphatic heterocycles. The molecule has 0 bridgehead atoms. The fraction of sp³-hybridized carbons (Fsp3) is 0.632. The average molecular weight is 505 g/mol. The molecule has 8 N–H and O–H groups in total. The van der Waals surface area contributed by atoms with Crippen molar-refractivity contribution in [3.05, 3.63) is 11.3 Å². The third kappa shape index (κ3) is 6.19. The number of rotatable bonds is 12. The van der Waals surface area contributed by atoms with Crippen LogP contribution in [0, 0.1) is 0 Å². The van der Waals surface area contributed by atoms with Crippen LogP contribution in [0.3, 0.4) is 0 Å². The zero-order chi connectivity index (χ0) is 25.1. The smallest absolute Gasteiger partial charge is 0.352 e. The fourth-order valence-electron chi connectivity index (χ4n) is 3.31. The minimum atomic E-state index is -1.28. The number of nitrogens with one attached hydrogen (secondary N) is 1. The Balaban J connectivity index is 2.02. The minimum absolute atomic E-state index is 0.00935. The van der Waals surface area contributed by atoms with Crippen LogP contribution < -0.4 is 16.8 Å². The van der Waals surface area contributed by atoms with Crippen molar-refractivity contribution in [1.82, 2.24) is 10.2 Å². The fourth-order valence-corrected chi connectivity index (χ4v) is 5.85. The Labute approximate surface area is 198 Å². The van der Waals surface area contributed by atoms with Crippen molar-refractivity contribution in [1.29, 1.82) is 0 Å². The highest BCUT2D eigenvalue weighted by Crippen LogP contribution is 2.42. The summed E-state index contributed by atoms with van der Waals surface area (Å²) in [7, 11) is 0. The molecule has 0 aromatic carbocycles. The van der Waals surface area contributed by atoms with E-state index in [1.807, 2.05) is 0 Å². The number of carboxylic acid groups (broad SMARTS) is 3. The van der Waals surface area contributed by atoms with Crippen LogP contribution >= 0.6 is 23.5 Å². The second-order valence-corrected chi connectivity index (χ2v) is 11.0. The van der Waals surface area contributed by atoms with E-state index in [0.29, 0.717) is 11.3 Å². The number of hydrogen-bond acceptors (Lipinski definition) is 9. The number of nitrogens with zero attached hydrogens (tertiary/aromatic N) is 1. The third-order valence-corrected chi connectivity index (χ3v) is 8.27. The zero-order valence-electron chi connectivity index (χ0n) is 18.1. The van der Waals surface area contributed by atoms with E-state index in [0.717, 1.165) is 4.90 Å². The van der Waals surface area contributed by atoms with Gasteiger partial charge in [0.2, 0.25) is 5.91 Å². The van der Waals surface area contributed by atoms with Gasteiger partial charge in [0, 0.05) is 22.7 Å². The zero-order valence-corrected chi connectivity index (χ0v) is 19.8. The lowest BCUT2D eigenvalue weighted by Crippen LogP contribution is -2.70. The summed E-state index contributed by atoms with van der Waals surface area (Å²) in [5.74, 6) is -4.13. The van der Waals surface area contributed by atoms with E-state index >= 15 is 0 Å². The summed E-state index contributed by atoms with van der Waals surface area (Å²) in [5.41, 5.74) is 11.4. The van der Waals surface area contributed by atoms with Gasteiger partial charge in [-0.1, -0.05) is 0 Å². The molecule has 0 aliphatic carbocycles. The van der Waals surface area contributed by atoms with E-state index in [1.54, 1.807) is 13.8 Å². The summed E-state index contributed by atoms with van der Waals surface area (Å²) in [6.45, 7) is 3.31. The van der Waals surface area contributed by atoms with Gasteiger partial charge in [0.1, 0.15) is 29.2 Å². The first kappa shape index (κ1) is 27.0. The predicted molar refractivity (Wildman–Crippen MR) is 121 cm³/mol. The molecule has 1 fully saturated rings. The molecule has 4 unspecified atom stereocenters. The van der Waals surface area contributed by atoms with Gasteiger partial charge >= 0.3 is 17.9 Å². The molecule has 33 heavy (non-hydrogen) atoms. The van der Waals surface area contributed by atoms with Crippen LogP contribution in [0.25, 0.3) is 0 Å². The average Bonchev–Trinajstić information content (AvgIpc) is 2.74. The van der Waals surface area contributed by atoms with Gasteiger partial charge < -0.3 is 32.1 Å². The molecule has 2 rings (SSSR count). The Bertz CT molecular complexity index is 878. The lowest BCUT2D eigenvalue weighted by Gasteiger charge is -2.49. The SMILES string of the molecule is CC(C)(SCC1=C(C(=O)O)N2C(=O)C(NC(=O)CCCC(N)C(=O)O)C2SC1)C(N)C(=O)O. The van der Waals surface area contributed by atoms with E-state index in [1.165, 1.54) is 23.5 Å². The van der Waals surface area contributed by atoms with Gasteiger partial charge in [-0.15, -0.1) is 23.5 Å². The Hall–Kier alpha value is -2.29. The summed E-state index contributed by atoms with van der Waals surface area (Å²) < 4.78 is -0.872. The topological polar surface area (TPSA) is 213 Å². The Kier molecular flexibility index (Phi) is 8.79. The maximum absolute atomic E-state index is 12.7. The molecule has 2 aliphatic rings. The largest absolute Gasteiger partial charge is 0.480 e. The highest BCUT2D eigenvalue weighted by atomic mass is 32.2. The molecule has 2 amide bonds. The Morgan fingerprint density at radius 1 is 1.21 bits per heavy atom. The molecule has 1 saturated heterocycles. The molecule has 12 nitrogen and oxygen atoms in total. The summed E-state index contributed by atoms with van der Waals surface area (Å²) >= 11 is 2.50. The van der Waals surface area contributed by atoms with Crippen molar-refractivity contribution in [2.75, 3.05) is 11.5 Å². The monoisotopic (exact) mass is 504 g/mol. The number of aliphatic carboxylic acids is 3. The van der Waals surface area contributed by atoms with Crippen LogP contribution in [-0.4, -0.2) is 89.7 Å². The molecule has 0 aromatic heterocycles. The van der Waals surface area contributed by atoms with Crippen LogP contribution in [0.2, 0.25) is 0 Å². The molecule has 0 saturated carbocycles. The van der Waals surface area contributed by atoms with Gasteiger partial charge in [0.05, 0.1) is 0 Å². The summed E-state index contributed by atoms with van der Waals surface area (Å²) in [6, 6.07) is -3.10. The number of hydrogen-bond donors (Lipinski definition) is 6. The first-order valence-corrected chi connectivity index (χ1v) is 12.1. The van der Waals surface area contributed by atoms with Gasteiger partial charge in [-0.05, 0) is 32.3 Å². The number of β-lactam (4-membered cyclic amide) rings is 1. The number of nitrogens with two attached hydrogens (primary N) is 2. The highest BCUT2D eigenvalue weighted by molar-refractivity contribution is 8.01. The third-order valence-electron chi connectivity index (χ3n) is 5.44. The van der Waals surface area contributed by atoms with Crippen LogP contribution in [0.4, 0.5) is 0 Å². The van der Waals surface area contributed by atoms with Crippen molar-refractivity contribution in [2.45, 2.75) is 61.4 Å². The van der Waals surface area contributed by atoms with Gasteiger partial charge in [-0.2, -0.15) is 0 Å². The normalized spacial score (nSPS) is 22.2. The lowest BCUT2D eigenvalue weighted by molar-refractivity contribution is -0.150. The molecule has 0 aromatic rings. The van der Waals surface area contributed by atoms with Crippen LogP contribution in [-0.2, 0) is 24.0 Å². The lowest BCUT2D eigenvalue weighted by atomic mass is 10.0. The molecule has 14 heteroatoms. The Morgan fingerprint density at radius 2 is 1.85 bits per heavy atom. The summed E-state index contributed by atoms with van der Waals surface area (Å²) in [6.07, 6.45) is 0.336. The van der Waals surface area contributed by atoms with E-state index in [2.05, 4.69) is 5.32 Å². The number of carbonyl (C=O) groups excluding carboxylic acids is 2. The predicted octanol–water partition coefficient (Wildman–Crippen LogP) is -0.769. The second kappa shape index (κ2) is 10.8. The van der Waals surface area contributed by atoms with Crippen molar-refractivity contribution >= 4 is 53.2 Å². The first-order chi connectivity index (χ1) is 15.3. The van der Waals surface area contributed by atoms with Crippen molar-refractivity contribution < 1.29 is 39.3 Å². The maximum Gasteiger partial charge on any atom is 0.352 e. The van der Waals surface area contributed by atoms with Crippen LogP contribution in [0.5, 0.6) is 0 Å². The standard InChI is InChI=1S/C19H28N4O8S2/c1-19(2,13(21)18(30)31)33-7-8-6-32-15-11(14(25)23(15)12(8)17(28)29)22-10(24)5-3-4-9(20)16(26)27/h9,11,13,15H,3-7,20-21H2,1-2H3,(H,22,24)(H,26,27)(H,28,29)(H,30,31). The summed E-state index contributed by atoms with van der Waals surface area (Å²) in [5, 5.41) is 29.7. The van der Waals surface area contributed by atoms with Gasteiger partial charge in [0.25, 0.3) is 5.91 Å². The van der Waals surface area contributed by atoms with Gasteiger partial charge in [0.15, 0.2) is 0 Å².